The maximum absolute atomic E-state index is 12.0. The van der Waals surface area contributed by atoms with E-state index < -0.39 is 0 Å². The third kappa shape index (κ3) is 6.37. The zero-order chi connectivity index (χ0) is 15.7. The van der Waals surface area contributed by atoms with Crippen molar-refractivity contribution in [3.8, 4) is 0 Å². The van der Waals surface area contributed by atoms with Crippen LogP contribution in [0.3, 0.4) is 0 Å². The summed E-state index contributed by atoms with van der Waals surface area (Å²) in [6, 6.07) is 0. The van der Waals surface area contributed by atoms with Crippen LogP contribution in [0.4, 0.5) is 0 Å². The summed E-state index contributed by atoms with van der Waals surface area (Å²) < 4.78 is 0. The van der Waals surface area contributed by atoms with Gasteiger partial charge in [-0.3, -0.25) is 4.79 Å². The van der Waals surface area contributed by atoms with E-state index in [1.807, 2.05) is 4.90 Å². The molecule has 21 heavy (non-hydrogen) atoms. The van der Waals surface area contributed by atoms with Crippen molar-refractivity contribution in [2.45, 2.75) is 90.5 Å². The molecule has 1 amide bonds. The molecule has 1 saturated heterocycles. The van der Waals surface area contributed by atoms with Gasteiger partial charge in [0.1, 0.15) is 0 Å². The summed E-state index contributed by atoms with van der Waals surface area (Å²) in [4.78, 5) is 13.9. The van der Waals surface area contributed by atoms with Gasteiger partial charge in [-0.05, 0) is 12.3 Å². The molecule has 0 saturated carbocycles. The van der Waals surface area contributed by atoms with E-state index in [2.05, 4.69) is 20.8 Å². The second-order valence-electron chi connectivity index (χ2n) is 7.22. The zero-order valence-corrected chi connectivity index (χ0v) is 14.5. The fraction of sp³-hybridized carbons (Fsp3) is 0.944. The van der Waals surface area contributed by atoms with Gasteiger partial charge in [0, 0.05) is 19.5 Å². The molecule has 0 aromatic carbocycles. The lowest BCUT2D eigenvalue weighted by Crippen LogP contribution is -2.71. The van der Waals surface area contributed by atoms with Crippen LogP contribution < -0.4 is 5.73 Å². The fourth-order valence-corrected chi connectivity index (χ4v) is 2.95. The SMILES string of the molecule is CCCCCCCCCCCC(=O)N1CC(N)(C(C)C)C1. The van der Waals surface area contributed by atoms with Crippen LogP contribution in [-0.4, -0.2) is 29.4 Å². The topological polar surface area (TPSA) is 46.3 Å². The molecule has 0 bridgehead atoms. The van der Waals surface area contributed by atoms with Gasteiger partial charge in [-0.25, -0.2) is 0 Å². The van der Waals surface area contributed by atoms with Gasteiger partial charge in [0.05, 0.1) is 5.54 Å². The Balaban J connectivity index is 1.93. The lowest BCUT2D eigenvalue weighted by Gasteiger charge is -2.50. The van der Waals surface area contributed by atoms with Crippen molar-refractivity contribution < 1.29 is 4.79 Å². The minimum Gasteiger partial charge on any atom is -0.339 e. The molecule has 3 nitrogen and oxygen atoms in total. The highest BCUT2D eigenvalue weighted by Gasteiger charge is 2.43. The van der Waals surface area contributed by atoms with Gasteiger partial charge in [0.15, 0.2) is 0 Å². The predicted octanol–water partition coefficient (Wildman–Crippen LogP) is 4.10. The van der Waals surface area contributed by atoms with Crippen LogP contribution in [0.2, 0.25) is 0 Å². The molecule has 0 spiro atoms. The molecule has 0 aromatic rings. The first-order valence-electron chi connectivity index (χ1n) is 9.06. The summed E-state index contributed by atoms with van der Waals surface area (Å²) in [7, 11) is 0. The summed E-state index contributed by atoms with van der Waals surface area (Å²) in [6.45, 7) is 8.04. The molecule has 2 N–H and O–H groups in total. The first-order chi connectivity index (χ1) is 9.99. The van der Waals surface area contributed by atoms with E-state index >= 15 is 0 Å². The second kappa shape index (κ2) is 9.45. The van der Waals surface area contributed by atoms with Crippen molar-refractivity contribution in [1.82, 2.24) is 4.90 Å². The molecule has 124 valence electrons. The quantitative estimate of drug-likeness (QED) is 0.583. The first kappa shape index (κ1) is 18.5. The Hall–Kier alpha value is -0.570. The number of nitrogens with two attached hydrogens (primary N) is 1. The summed E-state index contributed by atoms with van der Waals surface area (Å²) >= 11 is 0. The van der Waals surface area contributed by atoms with Crippen molar-refractivity contribution in [2.24, 2.45) is 11.7 Å². The van der Waals surface area contributed by atoms with Gasteiger partial charge in [-0.2, -0.15) is 0 Å². The highest BCUT2D eigenvalue weighted by molar-refractivity contribution is 5.77. The van der Waals surface area contributed by atoms with Crippen LogP contribution in [0.1, 0.15) is 85.0 Å². The van der Waals surface area contributed by atoms with Crippen molar-refractivity contribution in [1.29, 1.82) is 0 Å². The van der Waals surface area contributed by atoms with Gasteiger partial charge in [0.2, 0.25) is 5.91 Å². The highest BCUT2D eigenvalue weighted by atomic mass is 16.2. The molecule has 1 heterocycles. The van der Waals surface area contributed by atoms with E-state index in [4.69, 9.17) is 5.73 Å². The molecule has 1 aliphatic heterocycles. The van der Waals surface area contributed by atoms with E-state index in [0.717, 1.165) is 19.5 Å². The maximum Gasteiger partial charge on any atom is 0.222 e. The van der Waals surface area contributed by atoms with E-state index in [0.29, 0.717) is 18.2 Å². The first-order valence-corrected chi connectivity index (χ1v) is 9.06. The Kier molecular flexibility index (Phi) is 8.31. The number of hydrogen-bond donors (Lipinski definition) is 1. The minimum atomic E-state index is -0.131. The Bertz CT molecular complexity index is 296. The van der Waals surface area contributed by atoms with Crippen molar-refractivity contribution in [3.05, 3.63) is 0 Å². The van der Waals surface area contributed by atoms with Crippen LogP contribution in [0.5, 0.6) is 0 Å². The Morgan fingerprint density at radius 2 is 1.48 bits per heavy atom. The Morgan fingerprint density at radius 3 is 1.95 bits per heavy atom. The summed E-state index contributed by atoms with van der Waals surface area (Å²) in [5, 5.41) is 0. The molecule has 1 rings (SSSR count). The van der Waals surface area contributed by atoms with Crippen LogP contribution >= 0.6 is 0 Å². The smallest absolute Gasteiger partial charge is 0.222 e. The number of rotatable bonds is 11. The van der Waals surface area contributed by atoms with Gasteiger partial charge >= 0.3 is 0 Å². The van der Waals surface area contributed by atoms with Crippen LogP contribution in [-0.2, 0) is 4.79 Å². The summed E-state index contributed by atoms with van der Waals surface area (Å²) in [5.74, 6) is 0.758. The van der Waals surface area contributed by atoms with E-state index in [1.54, 1.807) is 0 Å². The van der Waals surface area contributed by atoms with Crippen LogP contribution in [0.15, 0.2) is 0 Å². The zero-order valence-electron chi connectivity index (χ0n) is 14.5. The van der Waals surface area contributed by atoms with Gasteiger partial charge in [0.25, 0.3) is 0 Å². The summed E-state index contributed by atoms with van der Waals surface area (Å²) in [6.07, 6.45) is 12.4. The highest BCUT2D eigenvalue weighted by Crippen LogP contribution is 2.26. The number of amides is 1. The average molecular weight is 296 g/mol. The van der Waals surface area contributed by atoms with E-state index in [1.165, 1.54) is 51.4 Å². The third-order valence-corrected chi connectivity index (χ3v) is 4.97. The Morgan fingerprint density at radius 1 is 1.00 bits per heavy atom. The number of likely N-dealkylation sites (tertiary alicyclic amines) is 1. The monoisotopic (exact) mass is 296 g/mol. The number of carbonyl (C=O) groups excluding carboxylic acids is 1. The standard InChI is InChI=1S/C18H36N2O/c1-4-5-6-7-8-9-10-11-12-13-17(21)20-14-18(19,15-20)16(2)3/h16H,4-15,19H2,1-3H3. The molecule has 0 unspecified atom stereocenters. The molecule has 1 fully saturated rings. The molecule has 0 radical (unpaired) electrons. The van der Waals surface area contributed by atoms with Gasteiger partial charge in [-0.1, -0.05) is 72.1 Å². The molecule has 3 heteroatoms. The van der Waals surface area contributed by atoms with Crippen molar-refractivity contribution in [3.63, 3.8) is 0 Å². The molecule has 0 atom stereocenters. The Labute approximate surface area is 131 Å². The lowest BCUT2D eigenvalue weighted by molar-refractivity contribution is -0.140. The normalized spacial score (nSPS) is 17.1. The average Bonchev–Trinajstić information content (AvgIpc) is 2.41. The summed E-state index contributed by atoms with van der Waals surface area (Å²) in [5.41, 5.74) is 6.09. The van der Waals surface area contributed by atoms with Gasteiger partial charge in [-0.15, -0.1) is 0 Å². The molecular weight excluding hydrogens is 260 g/mol. The molecule has 0 aromatic heterocycles. The largest absolute Gasteiger partial charge is 0.339 e. The molecule has 0 aliphatic carbocycles. The van der Waals surface area contributed by atoms with E-state index in [9.17, 15) is 4.79 Å². The fourth-order valence-electron chi connectivity index (χ4n) is 2.95. The van der Waals surface area contributed by atoms with Crippen LogP contribution in [0, 0.1) is 5.92 Å². The number of carbonyl (C=O) groups is 1. The van der Waals surface area contributed by atoms with Crippen LogP contribution in [0.25, 0.3) is 0 Å². The lowest BCUT2D eigenvalue weighted by atomic mass is 9.80. The minimum absolute atomic E-state index is 0.131. The predicted molar refractivity (Wildman–Crippen MR) is 90.2 cm³/mol. The molecule has 1 aliphatic rings. The number of nitrogens with zero attached hydrogens (tertiary/aromatic N) is 1. The number of unbranched alkanes of at least 4 members (excludes halogenated alkanes) is 8. The van der Waals surface area contributed by atoms with Crippen molar-refractivity contribution in [2.75, 3.05) is 13.1 Å². The second-order valence-corrected chi connectivity index (χ2v) is 7.22. The van der Waals surface area contributed by atoms with E-state index in [-0.39, 0.29) is 5.54 Å². The van der Waals surface area contributed by atoms with Crippen molar-refractivity contribution >= 4 is 5.91 Å². The number of hydrogen-bond acceptors (Lipinski definition) is 2. The van der Waals surface area contributed by atoms with Gasteiger partial charge < -0.3 is 10.6 Å². The maximum atomic E-state index is 12.0. The molecular formula is C18H36N2O. The third-order valence-electron chi connectivity index (χ3n) is 4.97.